The van der Waals surface area contributed by atoms with Crippen molar-refractivity contribution in [2.24, 2.45) is 10.1 Å². The Balaban J connectivity index is 0.00000420. The predicted molar refractivity (Wildman–Crippen MR) is 124 cm³/mol. The number of nitrogens with zero attached hydrogens (tertiary/aromatic N) is 1. The molecule has 1 aromatic carbocycles. The number of hydrogen-bond donors (Lipinski definition) is 3. The molecular weight excluding hydrogens is 507 g/mol. The van der Waals surface area contributed by atoms with Gasteiger partial charge in [-0.2, -0.15) is 0 Å². The smallest absolute Gasteiger partial charge is 0.238 e. The molecule has 4 N–H and O–H groups in total. The first kappa shape index (κ1) is 25.4. The number of rotatable bonds is 11. The van der Waals surface area contributed by atoms with Gasteiger partial charge < -0.3 is 19.8 Å². The lowest BCUT2D eigenvalue weighted by atomic mass is 10.1. The largest absolute Gasteiger partial charge is 0.467 e. The number of sulfonamides is 1. The fourth-order valence-electron chi connectivity index (χ4n) is 2.44. The summed E-state index contributed by atoms with van der Waals surface area (Å²) < 4.78 is 33.3. The van der Waals surface area contributed by atoms with Crippen LogP contribution < -0.4 is 15.8 Å². The monoisotopic (exact) mass is 536 g/mol. The molecule has 0 spiro atoms. The van der Waals surface area contributed by atoms with Crippen LogP contribution in [-0.4, -0.2) is 40.6 Å². The minimum Gasteiger partial charge on any atom is -0.467 e. The summed E-state index contributed by atoms with van der Waals surface area (Å²) in [5.74, 6) is 1.56. The van der Waals surface area contributed by atoms with Crippen LogP contribution in [0.1, 0.15) is 24.7 Å². The highest BCUT2D eigenvalue weighted by Gasteiger charge is 2.06. The molecule has 0 aliphatic carbocycles. The van der Waals surface area contributed by atoms with Gasteiger partial charge in [-0.1, -0.05) is 12.1 Å². The molecule has 0 radical (unpaired) electrons. The third kappa shape index (κ3) is 10.1. The Kier molecular flexibility index (Phi) is 11.9. The lowest BCUT2D eigenvalue weighted by Crippen LogP contribution is -2.38. The van der Waals surface area contributed by atoms with Crippen molar-refractivity contribution in [2.45, 2.75) is 31.3 Å². The zero-order valence-corrected chi connectivity index (χ0v) is 19.6. The number of guanidine groups is 1. The minimum atomic E-state index is -3.65. The predicted octanol–water partition coefficient (Wildman–Crippen LogP) is 2.25. The number of furan rings is 1. The summed E-state index contributed by atoms with van der Waals surface area (Å²) in [5, 5.41) is 11.6. The van der Waals surface area contributed by atoms with E-state index in [-0.39, 0.29) is 28.9 Å². The van der Waals surface area contributed by atoms with Gasteiger partial charge in [0.15, 0.2) is 5.96 Å². The van der Waals surface area contributed by atoms with Crippen molar-refractivity contribution < 1.29 is 17.6 Å². The van der Waals surface area contributed by atoms with Gasteiger partial charge in [0, 0.05) is 26.2 Å². The van der Waals surface area contributed by atoms with E-state index in [0.29, 0.717) is 26.3 Å². The standard InChI is InChI=1S/C19H28N4O4S.HI/c1-2-21-19(22-11-4-13-26-15-17-5-3-14-27-17)23-12-10-16-6-8-18(9-7-16)28(20,24)25;/h3,5-9,14H,2,4,10-13,15H2,1H3,(H2,20,24,25)(H2,21,22,23);1H. The maximum Gasteiger partial charge on any atom is 0.238 e. The first-order valence-corrected chi connectivity index (χ1v) is 10.8. The van der Waals surface area contributed by atoms with Gasteiger partial charge in [0.25, 0.3) is 0 Å². The Morgan fingerprint density at radius 2 is 1.97 bits per heavy atom. The Bertz CT molecular complexity index is 824. The van der Waals surface area contributed by atoms with Gasteiger partial charge in [-0.05, 0) is 49.6 Å². The SMILES string of the molecule is CCNC(=NCCCOCc1ccco1)NCCc1ccc(S(N)(=O)=O)cc1.I. The zero-order valence-electron chi connectivity index (χ0n) is 16.5. The molecule has 0 amide bonds. The van der Waals surface area contributed by atoms with Crippen LogP contribution in [0.5, 0.6) is 0 Å². The molecule has 0 aliphatic rings. The van der Waals surface area contributed by atoms with Gasteiger partial charge in [0.05, 0.1) is 11.2 Å². The Morgan fingerprint density at radius 1 is 1.21 bits per heavy atom. The van der Waals surface area contributed by atoms with Crippen molar-refractivity contribution in [3.05, 3.63) is 54.0 Å². The Hall–Kier alpha value is -1.63. The van der Waals surface area contributed by atoms with Crippen LogP contribution in [-0.2, 0) is 27.8 Å². The molecule has 0 aliphatic heterocycles. The van der Waals surface area contributed by atoms with Gasteiger partial charge in [-0.3, -0.25) is 4.99 Å². The van der Waals surface area contributed by atoms with E-state index in [1.54, 1.807) is 18.4 Å². The molecule has 0 saturated carbocycles. The zero-order chi connectivity index (χ0) is 20.2. The average molecular weight is 536 g/mol. The molecule has 0 saturated heterocycles. The normalized spacial score (nSPS) is 11.7. The van der Waals surface area contributed by atoms with Crippen molar-refractivity contribution in [3.63, 3.8) is 0 Å². The highest BCUT2D eigenvalue weighted by atomic mass is 127. The lowest BCUT2D eigenvalue weighted by Gasteiger charge is -2.11. The lowest BCUT2D eigenvalue weighted by molar-refractivity contribution is 0.105. The minimum absolute atomic E-state index is 0. The highest BCUT2D eigenvalue weighted by Crippen LogP contribution is 2.08. The molecule has 10 heteroatoms. The molecular formula is C19H29IN4O4S. The van der Waals surface area contributed by atoms with Gasteiger partial charge in [0.2, 0.25) is 10.0 Å². The van der Waals surface area contributed by atoms with Crippen molar-refractivity contribution in [3.8, 4) is 0 Å². The first-order chi connectivity index (χ1) is 13.5. The van der Waals surface area contributed by atoms with Crippen LogP contribution in [0, 0.1) is 0 Å². The van der Waals surface area contributed by atoms with E-state index in [1.807, 2.05) is 19.1 Å². The van der Waals surface area contributed by atoms with E-state index in [0.717, 1.165) is 36.7 Å². The highest BCUT2D eigenvalue weighted by molar-refractivity contribution is 14.0. The fourth-order valence-corrected chi connectivity index (χ4v) is 2.95. The number of nitrogens with one attached hydrogen (secondary N) is 2. The van der Waals surface area contributed by atoms with E-state index in [2.05, 4.69) is 15.6 Å². The summed E-state index contributed by atoms with van der Waals surface area (Å²) in [6, 6.07) is 10.3. The van der Waals surface area contributed by atoms with Crippen molar-refractivity contribution in [1.29, 1.82) is 0 Å². The first-order valence-electron chi connectivity index (χ1n) is 9.23. The van der Waals surface area contributed by atoms with Crippen molar-refractivity contribution in [1.82, 2.24) is 10.6 Å². The number of benzene rings is 1. The summed E-state index contributed by atoms with van der Waals surface area (Å²) in [6.07, 6.45) is 3.18. The number of ether oxygens (including phenoxy) is 1. The maximum atomic E-state index is 11.3. The Morgan fingerprint density at radius 3 is 2.59 bits per heavy atom. The van der Waals surface area contributed by atoms with Gasteiger partial charge in [0.1, 0.15) is 12.4 Å². The molecule has 0 unspecified atom stereocenters. The summed E-state index contributed by atoms with van der Waals surface area (Å²) in [5.41, 5.74) is 1.02. The number of hydrogen-bond acceptors (Lipinski definition) is 5. The molecule has 2 rings (SSSR count). The maximum absolute atomic E-state index is 11.3. The van der Waals surface area contributed by atoms with Crippen LogP contribution in [0.25, 0.3) is 0 Å². The molecule has 0 bridgehead atoms. The third-order valence-corrected chi connectivity index (χ3v) is 4.77. The fraction of sp³-hybridized carbons (Fsp3) is 0.421. The van der Waals surface area contributed by atoms with Gasteiger partial charge in [-0.25, -0.2) is 13.6 Å². The van der Waals surface area contributed by atoms with Gasteiger partial charge >= 0.3 is 0 Å². The van der Waals surface area contributed by atoms with E-state index in [1.165, 1.54) is 12.1 Å². The molecule has 162 valence electrons. The summed E-state index contributed by atoms with van der Waals surface area (Å²) >= 11 is 0. The molecule has 1 heterocycles. The average Bonchev–Trinajstić information content (AvgIpc) is 3.17. The second kappa shape index (κ2) is 13.6. The van der Waals surface area contributed by atoms with E-state index < -0.39 is 10.0 Å². The summed E-state index contributed by atoms with van der Waals surface area (Å²) in [6.45, 7) is 5.19. The molecule has 2 aromatic rings. The van der Waals surface area contributed by atoms with Gasteiger partial charge in [-0.15, -0.1) is 24.0 Å². The van der Waals surface area contributed by atoms with Crippen LogP contribution in [0.15, 0.2) is 57.0 Å². The second-order valence-corrected chi connectivity index (χ2v) is 7.67. The number of halogens is 1. The molecule has 0 fully saturated rings. The number of aliphatic imine (C=N–C) groups is 1. The Labute approximate surface area is 189 Å². The third-order valence-electron chi connectivity index (χ3n) is 3.84. The molecule has 1 aromatic heterocycles. The summed E-state index contributed by atoms with van der Waals surface area (Å²) in [4.78, 5) is 4.64. The van der Waals surface area contributed by atoms with Crippen LogP contribution in [0.3, 0.4) is 0 Å². The van der Waals surface area contributed by atoms with Crippen molar-refractivity contribution >= 4 is 40.0 Å². The van der Waals surface area contributed by atoms with E-state index >= 15 is 0 Å². The second-order valence-electron chi connectivity index (χ2n) is 6.11. The molecule has 8 nitrogen and oxygen atoms in total. The number of primary sulfonamides is 1. The summed E-state index contributed by atoms with van der Waals surface area (Å²) in [7, 11) is -3.65. The van der Waals surface area contributed by atoms with Crippen LogP contribution in [0.2, 0.25) is 0 Å². The topological polar surface area (TPSA) is 119 Å². The van der Waals surface area contributed by atoms with Crippen LogP contribution >= 0.6 is 24.0 Å². The van der Waals surface area contributed by atoms with E-state index in [9.17, 15) is 8.42 Å². The van der Waals surface area contributed by atoms with Crippen LogP contribution in [0.4, 0.5) is 0 Å². The van der Waals surface area contributed by atoms with E-state index in [4.69, 9.17) is 14.3 Å². The molecule has 0 atom stereocenters. The van der Waals surface area contributed by atoms with Crippen molar-refractivity contribution in [2.75, 3.05) is 26.2 Å². The quantitative estimate of drug-likeness (QED) is 0.176. The molecule has 29 heavy (non-hydrogen) atoms. The number of nitrogens with two attached hydrogens (primary N) is 1.